The van der Waals surface area contributed by atoms with Crippen LogP contribution in [0.3, 0.4) is 0 Å². The standard InChI is InChI=1S/C15H17N7O2/c23-22(24)14-11-16-20(12-14)9-5-2-6-10-21-18-15(17-19-21)13-7-3-1-4-8-13/h1,3-4,7-8,11-12H,2,5-6,9-10H2. The largest absolute Gasteiger partial charge is 0.306 e. The molecule has 9 heteroatoms. The van der Waals surface area contributed by atoms with Crippen molar-refractivity contribution < 1.29 is 4.92 Å². The van der Waals surface area contributed by atoms with E-state index >= 15 is 0 Å². The molecule has 0 radical (unpaired) electrons. The van der Waals surface area contributed by atoms with Gasteiger partial charge in [-0.25, -0.2) is 0 Å². The predicted molar refractivity (Wildman–Crippen MR) is 86.0 cm³/mol. The Morgan fingerprint density at radius 1 is 1.08 bits per heavy atom. The summed E-state index contributed by atoms with van der Waals surface area (Å²) in [6.07, 6.45) is 5.47. The third-order valence-electron chi connectivity index (χ3n) is 3.56. The highest BCUT2D eigenvalue weighted by atomic mass is 16.6. The van der Waals surface area contributed by atoms with Gasteiger partial charge in [-0.1, -0.05) is 30.3 Å². The number of aromatic nitrogens is 6. The molecule has 0 atom stereocenters. The van der Waals surface area contributed by atoms with Gasteiger partial charge in [-0.2, -0.15) is 9.90 Å². The molecule has 0 aliphatic heterocycles. The molecule has 3 aromatic rings. The van der Waals surface area contributed by atoms with Crippen LogP contribution in [0.5, 0.6) is 0 Å². The molecule has 24 heavy (non-hydrogen) atoms. The Balaban J connectivity index is 1.40. The van der Waals surface area contributed by atoms with Crippen molar-refractivity contribution in [2.75, 3.05) is 0 Å². The molecule has 0 N–H and O–H groups in total. The molecule has 3 rings (SSSR count). The minimum Gasteiger partial charge on any atom is -0.266 e. The first-order valence-corrected chi connectivity index (χ1v) is 7.72. The Kier molecular flexibility index (Phi) is 4.90. The van der Waals surface area contributed by atoms with Crippen LogP contribution < -0.4 is 0 Å². The van der Waals surface area contributed by atoms with E-state index < -0.39 is 4.92 Å². The summed E-state index contributed by atoms with van der Waals surface area (Å²) in [4.78, 5) is 11.7. The number of aryl methyl sites for hydroxylation is 2. The van der Waals surface area contributed by atoms with E-state index in [1.165, 1.54) is 12.4 Å². The summed E-state index contributed by atoms with van der Waals surface area (Å²) in [7, 11) is 0. The van der Waals surface area contributed by atoms with Crippen LogP contribution in [-0.4, -0.2) is 34.9 Å². The Bertz CT molecular complexity index is 797. The third-order valence-corrected chi connectivity index (χ3v) is 3.56. The molecule has 0 aliphatic rings. The van der Waals surface area contributed by atoms with Crippen molar-refractivity contribution in [1.29, 1.82) is 0 Å². The maximum Gasteiger partial charge on any atom is 0.306 e. The van der Waals surface area contributed by atoms with E-state index in [1.807, 2.05) is 30.3 Å². The zero-order chi connectivity index (χ0) is 16.8. The van der Waals surface area contributed by atoms with Gasteiger partial charge < -0.3 is 0 Å². The number of hydrogen-bond donors (Lipinski definition) is 0. The molecule has 9 nitrogen and oxygen atoms in total. The summed E-state index contributed by atoms with van der Waals surface area (Å²) in [5, 5.41) is 27.0. The third kappa shape index (κ3) is 4.00. The van der Waals surface area contributed by atoms with Crippen LogP contribution in [-0.2, 0) is 13.1 Å². The minimum absolute atomic E-state index is 0.0234. The molecule has 0 amide bonds. The second-order valence-corrected chi connectivity index (χ2v) is 5.35. The number of nitrogens with zero attached hydrogens (tertiary/aromatic N) is 7. The van der Waals surface area contributed by atoms with Gasteiger partial charge in [0.25, 0.3) is 0 Å². The molecular formula is C15H17N7O2. The Morgan fingerprint density at radius 2 is 1.88 bits per heavy atom. The number of rotatable bonds is 8. The zero-order valence-electron chi connectivity index (χ0n) is 13.0. The van der Waals surface area contributed by atoms with Crippen LogP contribution in [0.2, 0.25) is 0 Å². The highest BCUT2D eigenvalue weighted by Crippen LogP contribution is 2.12. The van der Waals surface area contributed by atoms with Gasteiger partial charge in [0.05, 0.1) is 11.5 Å². The van der Waals surface area contributed by atoms with Crippen molar-refractivity contribution in [2.24, 2.45) is 0 Å². The molecule has 124 valence electrons. The van der Waals surface area contributed by atoms with Crippen molar-refractivity contribution in [2.45, 2.75) is 32.4 Å². The number of hydrogen-bond acceptors (Lipinski definition) is 6. The van der Waals surface area contributed by atoms with E-state index in [-0.39, 0.29) is 5.69 Å². The van der Waals surface area contributed by atoms with Crippen LogP contribution in [0.15, 0.2) is 42.7 Å². The lowest BCUT2D eigenvalue weighted by Crippen LogP contribution is -2.04. The summed E-state index contributed by atoms with van der Waals surface area (Å²) >= 11 is 0. The first-order chi connectivity index (χ1) is 11.7. The van der Waals surface area contributed by atoms with Gasteiger partial charge in [0.2, 0.25) is 5.82 Å². The summed E-state index contributed by atoms with van der Waals surface area (Å²) in [6.45, 7) is 1.35. The van der Waals surface area contributed by atoms with Crippen LogP contribution in [0.4, 0.5) is 5.69 Å². The normalized spacial score (nSPS) is 10.8. The van der Waals surface area contributed by atoms with Gasteiger partial charge in [0, 0.05) is 12.1 Å². The number of tetrazole rings is 1. The van der Waals surface area contributed by atoms with Crippen molar-refractivity contribution >= 4 is 5.69 Å². The fraction of sp³-hybridized carbons (Fsp3) is 0.333. The maximum atomic E-state index is 10.6. The van der Waals surface area contributed by atoms with Gasteiger partial charge in [0.1, 0.15) is 12.4 Å². The summed E-state index contributed by atoms with van der Waals surface area (Å²) < 4.78 is 1.60. The van der Waals surface area contributed by atoms with Gasteiger partial charge >= 0.3 is 5.69 Å². The molecule has 0 unspecified atom stereocenters. The molecule has 0 saturated heterocycles. The Hall–Kier alpha value is -3.10. The molecule has 1 aromatic carbocycles. The van der Waals surface area contributed by atoms with Crippen LogP contribution in [0.1, 0.15) is 19.3 Å². The van der Waals surface area contributed by atoms with Gasteiger partial charge in [-0.05, 0) is 24.5 Å². The fourth-order valence-electron chi connectivity index (χ4n) is 2.31. The van der Waals surface area contributed by atoms with E-state index in [0.29, 0.717) is 18.9 Å². The zero-order valence-corrected chi connectivity index (χ0v) is 13.0. The van der Waals surface area contributed by atoms with Crippen molar-refractivity contribution in [1.82, 2.24) is 30.0 Å². The summed E-state index contributed by atoms with van der Waals surface area (Å²) in [5.41, 5.74) is 0.972. The second kappa shape index (κ2) is 7.44. The smallest absolute Gasteiger partial charge is 0.266 e. The SMILES string of the molecule is O=[N+]([O-])c1cnn(CCCCCn2nnc(-c3ccccc3)n2)c1. The molecule has 2 aromatic heterocycles. The van der Waals surface area contributed by atoms with Gasteiger partial charge in [-0.15, -0.1) is 10.2 Å². The molecule has 0 bridgehead atoms. The average molecular weight is 327 g/mol. The van der Waals surface area contributed by atoms with E-state index in [9.17, 15) is 10.1 Å². The van der Waals surface area contributed by atoms with Gasteiger partial charge in [0.15, 0.2) is 0 Å². The highest BCUT2D eigenvalue weighted by Gasteiger charge is 2.08. The molecular weight excluding hydrogens is 310 g/mol. The van der Waals surface area contributed by atoms with Crippen LogP contribution in [0, 0.1) is 10.1 Å². The maximum absolute atomic E-state index is 10.6. The first-order valence-electron chi connectivity index (χ1n) is 7.72. The van der Waals surface area contributed by atoms with Crippen molar-refractivity contribution in [3.05, 3.63) is 52.8 Å². The quantitative estimate of drug-likeness (QED) is 0.357. The van der Waals surface area contributed by atoms with Crippen LogP contribution >= 0.6 is 0 Å². The predicted octanol–water partition coefficient (Wildman–Crippen LogP) is 2.32. The summed E-state index contributed by atoms with van der Waals surface area (Å²) in [6, 6.07) is 9.72. The Labute approximate surface area is 138 Å². The van der Waals surface area contributed by atoms with Crippen molar-refractivity contribution in [3.63, 3.8) is 0 Å². The van der Waals surface area contributed by atoms with E-state index in [0.717, 1.165) is 24.8 Å². The molecule has 2 heterocycles. The topological polar surface area (TPSA) is 105 Å². The van der Waals surface area contributed by atoms with Crippen molar-refractivity contribution in [3.8, 4) is 11.4 Å². The van der Waals surface area contributed by atoms with Crippen LogP contribution in [0.25, 0.3) is 11.4 Å². The lowest BCUT2D eigenvalue weighted by atomic mass is 10.2. The summed E-state index contributed by atoms with van der Waals surface area (Å²) in [5.74, 6) is 0.624. The molecule has 0 saturated carbocycles. The van der Waals surface area contributed by atoms with Gasteiger partial charge in [-0.3, -0.25) is 14.8 Å². The lowest BCUT2D eigenvalue weighted by Gasteiger charge is -2.01. The Morgan fingerprint density at radius 3 is 2.62 bits per heavy atom. The number of nitro groups is 1. The lowest BCUT2D eigenvalue weighted by molar-refractivity contribution is -0.385. The fourth-order valence-corrected chi connectivity index (χ4v) is 2.31. The average Bonchev–Trinajstić information content (AvgIpc) is 3.25. The monoisotopic (exact) mass is 327 g/mol. The molecule has 0 spiro atoms. The number of benzene rings is 1. The van der Waals surface area contributed by atoms with E-state index in [4.69, 9.17) is 0 Å². The second-order valence-electron chi connectivity index (χ2n) is 5.35. The molecule has 0 fully saturated rings. The first kappa shape index (κ1) is 15.8. The van der Waals surface area contributed by atoms with E-state index in [1.54, 1.807) is 9.48 Å². The van der Waals surface area contributed by atoms with E-state index in [2.05, 4.69) is 20.5 Å². The number of unbranched alkanes of at least 4 members (excludes halogenated alkanes) is 2. The molecule has 0 aliphatic carbocycles. The minimum atomic E-state index is -0.440. The highest BCUT2D eigenvalue weighted by molar-refractivity contribution is 5.52.